The third kappa shape index (κ3) is 3.10. The summed E-state index contributed by atoms with van der Waals surface area (Å²) in [6.07, 6.45) is 0.105. The van der Waals surface area contributed by atoms with E-state index in [9.17, 15) is 9.59 Å². The number of hydrogen-bond acceptors (Lipinski definition) is 5. The molecular formula is C19H21N3O3S. The lowest BCUT2D eigenvalue weighted by Gasteiger charge is -2.10. The van der Waals surface area contributed by atoms with E-state index in [1.54, 1.807) is 14.0 Å². The predicted octanol–water partition coefficient (Wildman–Crippen LogP) is 2.93. The van der Waals surface area contributed by atoms with Gasteiger partial charge in [0.15, 0.2) is 0 Å². The van der Waals surface area contributed by atoms with E-state index in [1.807, 2.05) is 32.0 Å². The van der Waals surface area contributed by atoms with Gasteiger partial charge in [0.05, 0.1) is 12.5 Å². The maximum Gasteiger partial charge on any atom is 0.262 e. The minimum atomic E-state index is -0.441. The molecule has 3 rings (SSSR count). The molecule has 0 aliphatic heterocycles. The predicted molar refractivity (Wildman–Crippen MR) is 104 cm³/mol. The van der Waals surface area contributed by atoms with E-state index in [2.05, 4.69) is 4.98 Å². The molecule has 0 atom stereocenters. The first kappa shape index (κ1) is 18.1. The minimum Gasteiger partial charge on any atom is -0.496 e. The fourth-order valence-electron chi connectivity index (χ4n) is 3.16. The van der Waals surface area contributed by atoms with Crippen LogP contribution < -0.4 is 16.0 Å². The average Bonchev–Trinajstić information content (AvgIpc) is 2.90. The molecular weight excluding hydrogens is 350 g/mol. The first-order valence-electron chi connectivity index (χ1n) is 8.27. The van der Waals surface area contributed by atoms with Crippen molar-refractivity contribution in [2.75, 3.05) is 7.11 Å². The highest BCUT2D eigenvalue weighted by Gasteiger charge is 2.19. The number of aromatic nitrogens is 2. The Labute approximate surface area is 155 Å². The SMILES string of the molecule is COc1ccc(-c2c(C)sc3nc(C)n(CCC(N)=O)c(=O)c23)cc1C. The summed E-state index contributed by atoms with van der Waals surface area (Å²) in [6, 6.07) is 5.87. The molecule has 0 aliphatic rings. The van der Waals surface area contributed by atoms with Crippen LogP contribution in [-0.2, 0) is 11.3 Å². The second kappa shape index (κ2) is 6.92. The molecule has 6 nitrogen and oxygen atoms in total. The Bertz CT molecular complexity index is 1070. The molecule has 2 aromatic heterocycles. The van der Waals surface area contributed by atoms with E-state index in [1.165, 1.54) is 15.9 Å². The summed E-state index contributed by atoms with van der Waals surface area (Å²) >= 11 is 1.50. The Balaban J connectivity index is 2.24. The maximum atomic E-state index is 13.1. The van der Waals surface area contributed by atoms with Crippen molar-refractivity contribution in [3.05, 3.63) is 44.8 Å². The van der Waals surface area contributed by atoms with Gasteiger partial charge in [-0.2, -0.15) is 0 Å². The van der Waals surface area contributed by atoms with Gasteiger partial charge in [-0.25, -0.2) is 4.98 Å². The molecule has 0 spiro atoms. The topological polar surface area (TPSA) is 87.2 Å². The van der Waals surface area contributed by atoms with Crippen LogP contribution in [0.5, 0.6) is 5.75 Å². The molecule has 0 aliphatic carbocycles. The van der Waals surface area contributed by atoms with Crippen molar-refractivity contribution >= 4 is 27.5 Å². The zero-order valence-corrected chi connectivity index (χ0v) is 16.1. The average molecular weight is 371 g/mol. The third-order valence-corrected chi connectivity index (χ3v) is 5.44. The van der Waals surface area contributed by atoms with Crippen molar-refractivity contribution in [3.63, 3.8) is 0 Å². The summed E-state index contributed by atoms with van der Waals surface area (Å²) in [5.74, 6) is 0.949. The summed E-state index contributed by atoms with van der Waals surface area (Å²) in [4.78, 5) is 30.6. The molecule has 0 fully saturated rings. The van der Waals surface area contributed by atoms with Crippen LogP contribution in [0.2, 0.25) is 0 Å². The van der Waals surface area contributed by atoms with E-state index in [0.29, 0.717) is 16.0 Å². The first-order valence-corrected chi connectivity index (χ1v) is 9.09. The van der Waals surface area contributed by atoms with Gasteiger partial charge in [-0.05, 0) is 44.0 Å². The number of thiophene rings is 1. The number of nitrogens with two attached hydrogens (primary N) is 1. The summed E-state index contributed by atoms with van der Waals surface area (Å²) in [7, 11) is 1.64. The quantitative estimate of drug-likeness (QED) is 0.747. The fourth-order valence-corrected chi connectivity index (χ4v) is 4.24. The highest BCUT2D eigenvalue weighted by Crippen LogP contribution is 2.37. The number of rotatable bonds is 5. The number of aryl methyl sites for hydroxylation is 3. The van der Waals surface area contributed by atoms with Crippen LogP contribution in [0.15, 0.2) is 23.0 Å². The van der Waals surface area contributed by atoms with Crippen LogP contribution in [0, 0.1) is 20.8 Å². The van der Waals surface area contributed by atoms with E-state index in [4.69, 9.17) is 10.5 Å². The van der Waals surface area contributed by atoms with Crippen LogP contribution in [0.4, 0.5) is 0 Å². The number of benzene rings is 1. The normalized spacial score (nSPS) is 11.1. The number of nitrogens with zero attached hydrogens (tertiary/aromatic N) is 2. The summed E-state index contributed by atoms with van der Waals surface area (Å²) in [6.45, 7) is 5.97. The molecule has 0 saturated carbocycles. The van der Waals surface area contributed by atoms with E-state index >= 15 is 0 Å². The Morgan fingerprint density at radius 3 is 2.65 bits per heavy atom. The van der Waals surface area contributed by atoms with Crippen molar-refractivity contribution in [3.8, 4) is 16.9 Å². The Hall–Kier alpha value is -2.67. The summed E-state index contributed by atoms with van der Waals surface area (Å²) in [5, 5.41) is 0.590. The standard InChI is InChI=1S/C19H21N3O3S/c1-10-9-13(5-6-14(10)25-4)16-11(2)26-18-17(16)19(24)22(12(3)21-18)8-7-15(20)23/h5-6,9H,7-8H2,1-4H3,(H2,20,23). The molecule has 0 radical (unpaired) electrons. The van der Waals surface area contributed by atoms with Gasteiger partial charge in [0.2, 0.25) is 5.91 Å². The Morgan fingerprint density at radius 2 is 2.04 bits per heavy atom. The molecule has 1 amide bonds. The van der Waals surface area contributed by atoms with Gasteiger partial charge in [-0.15, -0.1) is 11.3 Å². The molecule has 0 saturated heterocycles. The van der Waals surface area contributed by atoms with Gasteiger partial charge in [-0.3, -0.25) is 14.2 Å². The van der Waals surface area contributed by atoms with Crippen LogP contribution in [0.1, 0.15) is 22.7 Å². The first-order chi connectivity index (χ1) is 12.3. The van der Waals surface area contributed by atoms with Crippen molar-refractivity contribution < 1.29 is 9.53 Å². The molecule has 0 unspecified atom stereocenters. The van der Waals surface area contributed by atoms with Gasteiger partial charge in [0, 0.05) is 23.4 Å². The molecule has 1 aromatic carbocycles. The maximum absolute atomic E-state index is 13.1. The summed E-state index contributed by atoms with van der Waals surface area (Å²) in [5.41, 5.74) is 7.94. The lowest BCUT2D eigenvalue weighted by molar-refractivity contribution is -0.118. The monoisotopic (exact) mass is 371 g/mol. The van der Waals surface area contributed by atoms with E-state index in [0.717, 1.165) is 27.3 Å². The largest absolute Gasteiger partial charge is 0.496 e. The second-order valence-corrected chi connectivity index (χ2v) is 7.43. The van der Waals surface area contributed by atoms with Crippen molar-refractivity contribution in [2.24, 2.45) is 5.73 Å². The zero-order chi connectivity index (χ0) is 19.0. The van der Waals surface area contributed by atoms with Gasteiger partial charge in [0.25, 0.3) is 5.56 Å². The number of hydrogen-bond donors (Lipinski definition) is 1. The lowest BCUT2D eigenvalue weighted by Crippen LogP contribution is -2.26. The van der Waals surface area contributed by atoms with Gasteiger partial charge in [-0.1, -0.05) is 6.07 Å². The number of carbonyl (C=O) groups excluding carboxylic acids is 1. The number of methoxy groups -OCH3 is 1. The third-order valence-electron chi connectivity index (χ3n) is 4.44. The molecule has 2 heterocycles. The second-order valence-electron chi connectivity index (χ2n) is 6.23. The molecule has 136 valence electrons. The molecule has 2 N–H and O–H groups in total. The van der Waals surface area contributed by atoms with Crippen molar-refractivity contribution in [1.29, 1.82) is 0 Å². The number of ether oxygens (including phenoxy) is 1. The molecule has 3 aromatic rings. The number of fused-ring (bicyclic) bond motifs is 1. The van der Waals surface area contributed by atoms with Gasteiger partial charge >= 0.3 is 0 Å². The number of carbonyl (C=O) groups is 1. The van der Waals surface area contributed by atoms with Crippen LogP contribution in [0.3, 0.4) is 0 Å². The van der Waals surface area contributed by atoms with Crippen LogP contribution in [0.25, 0.3) is 21.3 Å². The number of amides is 1. The van der Waals surface area contributed by atoms with Gasteiger partial charge < -0.3 is 10.5 Å². The minimum absolute atomic E-state index is 0.105. The molecule has 7 heteroatoms. The smallest absolute Gasteiger partial charge is 0.262 e. The zero-order valence-electron chi connectivity index (χ0n) is 15.3. The van der Waals surface area contributed by atoms with E-state index in [-0.39, 0.29) is 18.5 Å². The highest BCUT2D eigenvalue weighted by atomic mass is 32.1. The van der Waals surface area contributed by atoms with Crippen molar-refractivity contribution in [2.45, 2.75) is 33.7 Å². The van der Waals surface area contributed by atoms with Crippen LogP contribution in [-0.4, -0.2) is 22.6 Å². The number of primary amides is 1. The van der Waals surface area contributed by atoms with Crippen LogP contribution >= 0.6 is 11.3 Å². The Kier molecular flexibility index (Phi) is 4.82. The molecule has 0 bridgehead atoms. The Morgan fingerprint density at radius 1 is 1.31 bits per heavy atom. The fraction of sp³-hybridized carbons (Fsp3) is 0.316. The van der Waals surface area contributed by atoms with E-state index < -0.39 is 5.91 Å². The van der Waals surface area contributed by atoms with Crippen molar-refractivity contribution in [1.82, 2.24) is 9.55 Å². The lowest BCUT2D eigenvalue weighted by atomic mass is 10.0. The highest BCUT2D eigenvalue weighted by molar-refractivity contribution is 7.19. The molecule has 26 heavy (non-hydrogen) atoms. The summed E-state index contributed by atoms with van der Waals surface area (Å²) < 4.78 is 6.86. The van der Waals surface area contributed by atoms with Gasteiger partial charge in [0.1, 0.15) is 16.4 Å².